The van der Waals surface area contributed by atoms with E-state index in [1.807, 2.05) is 19.1 Å². The monoisotopic (exact) mass is 401 g/mol. The van der Waals surface area contributed by atoms with Gasteiger partial charge >= 0.3 is 0 Å². The number of nitrogens with one attached hydrogen (secondary N) is 1. The van der Waals surface area contributed by atoms with Crippen molar-refractivity contribution in [2.75, 3.05) is 23.3 Å². The Morgan fingerprint density at radius 1 is 1.12 bits per heavy atom. The third kappa shape index (κ3) is 5.77. The molecular weight excluding hydrogens is 369 g/mol. The number of carbonyl (C=O) groups excluding carboxylic acids is 1. The highest BCUT2D eigenvalue weighted by molar-refractivity contribution is 5.94. The summed E-state index contributed by atoms with van der Waals surface area (Å²) in [6.45, 7) is 4.24. The molecule has 6 heteroatoms. The van der Waals surface area contributed by atoms with E-state index in [0.717, 1.165) is 44.5 Å². The maximum absolute atomic E-state index is 12.7. The molecule has 3 rings (SSSR count). The van der Waals surface area contributed by atoms with Crippen LogP contribution in [0.4, 0.5) is 11.4 Å². The first kappa shape index (κ1) is 23.1. The number of nitrogens with two attached hydrogens (primary N) is 1. The molecule has 0 spiro atoms. The first-order valence-corrected chi connectivity index (χ1v) is 9.51. The van der Waals surface area contributed by atoms with Gasteiger partial charge in [-0.05, 0) is 50.8 Å². The van der Waals surface area contributed by atoms with Gasteiger partial charge in [-0.2, -0.15) is 0 Å². The second-order valence-electron chi connectivity index (χ2n) is 7.75. The Labute approximate surface area is 170 Å². The Kier molecular flexibility index (Phi) is 9.22. The summed E-state index contributed by atoms with van der Waals surface area (Å²) >= 11 is 0. The van der Waals surface area contributed by atoms with Crippen molar-refractivity contribution in [1.82, 2.24) is 0 Å². The van der Waals surface area contributed by atoms with Crippen molar-refractivity contribution >= 4 is 42.1 Å². The predicted octanol–water partition coefficient (Wildman–Crippen LogP) is 4.76. The highest BCUT2D eigenvalue weighted by Crippen LogP contribution is 2.33. The molecule has 1 aliphatic carbocycles. The van der Waals surface area contributed by atoms with E-state index in [4.69, 9.17) is 5.73 Å². The number of nitrogens with zero attached hydrogens (tertiary/aromatic N) is 1. The number of carbonyl (C=O) groups is 1. The Bertz CT molecular complexity index is 572. The molecule has 0 aromatic heterocycles. The van der Waals surface area contributed by atoms with Gasteiger partial charge in [-0.1, -0.05) is 31.7 Å². The lowest BCUT2D eigenvalue weighted by Crippen LogP contribution is -2.51. The highest BCUT2D eigenvalue weighted by Gasteiger charge is 2.37. The van der Waals surface area contributed by atoms with Crippen molar-refractivity contribution in [1.29, 1.82) is 0 Å². The minimum Gasteiger partial charge on any atom is -0.371 e. The van der Waals surface area contributed by atoms with Crippen LogP contribution in [0.1, 0.15) is 58.3 Å². The summed E-state index contributed by atoms with van der Waals surface area (Å²) in [5, 5.41) is 3.12. The molecule has 2 atom stereocenters. The average Bonchev–Trinajstić information content (AvgIpc) is 2.84. The molecule has 1 amide bonds. The molecule has 1 heterocycles. The normalized spacial score (nSPS) is 26.1. The zero-order valence-corrected chi connectivity index (χ0v) is 17.3. The number of hydrogen-bond acceptors (Lipinski definition) is 3. The minimum absolute atomic E-state index is 0. The topological polar surface area (TPSA) is 58.4 Å². The predicted molar refractivity (Wildman–Crippen MR) is 115 cm³/mol. The van der Waals surface area contributed by atoms with Crippen molar-refractivity contribution in [2.24, 2.45) is 11.7 Å². The van der Waals surface area contributed by atoms with Crippen LogP contribution in [0.15, 0.2) is 24.3 Å². The van der Waals surface area contributed by atoms with Gasteiger partial charge < -0.3 is 16.0 Å². The first-order chi connectivity index (χ1) is 11.6. The molecule has 0 radical (unpaired) electrons. The molecule has 2 unspecified atom stereocenters. The zero-order chi connectivity index (χ0) is 17.0. The van der Waals surface area contributed by atoms with Crippen LogP contribution in [-0.4, -0.2) is 24.5 Å². The van der Waals surface area contributed by atoms with Crippen LogP contribution < -0.4 is 16.0 Å². The second-order valence-corrected chi connectivity index (χ2v) is 7.75. The van der Waals surface area contributed by atoms with Gasteiger partial charge in [0.1, 0.15) is 0 Å². The lowest BCUT2D eigenvalue weighted by molar-refractivity contribution is -0.122. The van der Waals surface area contributed by atoms with E-state index in [9.17, 15) is 4.79 Å². The average molecular weight is 402 g/mol. The van der Waals surface area contributed by atoms with Gasteiger partial charge in [0.05, 0.1) is 5.92 Å². The SMILES string of the molecule is CC1(N)CCCCC1C(=O)Nc1cccc(N2CCCCCC2)c1.Cl.Cl. The van der Waals surface area contributed by atoms with E-state index in [-0.39, 0.29) is 42.2 Å². The molecule has 26 heavy (non-hydrogen) atoms. The fourth-order valence-corrected chi connectivity index (χ4v) is 4.13. The summed E-state index contributed by atoms with van der Waals surface area (Å²) in [5.74, 6) is -0.0131. The number of hydrogen-bond donors (Lipinski definition) is 2. The summed E-state index contributed by atoms with van der Waals surface area (Å²) in [6, 6.07) is 8.28. The largest absolute Gasteiger partial charge is 0.371 e. The van der Waals surface area contributed by atoms with Gasteiger partial charge in [0.15, 0.2) is 0 Å². The second kappa shape index (κ2) is 10.4. The quantitative estimate of drug-likeness (QED) is 0.767. The van der Waals surface area contributed by atoms with E-state index in [0.29, 0.717) is 0 Å². The van der Waals surface area contributed by atoms with Gasteiger partial charge in [-0.15, -0.1) is 24.8 Å². The molecule has 2 aliphatic rings. The van der Waals surface area contributed by atoms with Crippen molar-refractivity contribution in [3.63, 3.8) is 0 Å². The molecule has 3 N–H and O–H groups in total. The molecule has 1 saturated carbocycles. The van der Waals surface area contributed by atoms with E-state index in [2.05, 4.69) is 22.3 Å². The molecule has 148 valence electrons. The van der Waals surface area contributed by atoms with Gasteiger partial charge in [0, 0.05) is 30.0 Å². The van der Waals surface area contributed by atoms with Crippen LogP contribution in [0.5, 0.6) is 0 Å². The molecule has 1 aromatic rings. The molecule has 1 aromatic carbocycles. The Hall–Kier alpha value is -0.970. The van der Waals surface area contributed by atoms with E-state index < -0.39 is 0 Å². The molecule has 0 bridgehead atoms. The van der Waals surface area contributed by atoms with Crippen LogP contribution in [-0.2, 0) is 4.79 Å². The number of anilines is 2. The first-order valence-electron chi connectivity index (χ1n) is 9.51. The third-order valence-electron chi connectivity index (χ3n) is 5.66. The fraction of sp³-hybridized carbons (Fsp3) is 0.650. The zero-order valence-electron chi connectivity index (χ0n) is 15.7. The van der Waals surface area contributed by atoms with Crippen LogP contribution >= 0.6 is 24.8 Å². The molecule has 1 aliphatic heterocycles. The van der Waals surface area contributed by atoms with Crippen molar-refractivity contribution in [3.05, 3.63) is 24.3 Å². The maximum Gasteiger partial charge on any atom is 0.229 e. The Morgan fingerprint density at radius 3 is 2.46 bits per heavy atom. The van der Waals surface area contributed by atoms with Crippen molar-refractivity contribution in [2.45, 2.75) is 63.8 Å². The number of rotatable bonds is 3. The fourth-order valence-electron chi connectivity index (χ4n) is 4.13. The lowest BCUT2D eigenvalue weighted by Gasteiger charge is -2.37. The molecule has 1 saturated heterocycles. The van der Waals surface area contributed by atoms with Crippen molar-refractivity contribution < 1.29 is 4.79 Å². The van der Waals surface area contributed by atoms with Gasteiger partial charge in [-0.25, -0.2) is 0 Å². The van der Waals surface area contributed by atoms with E-state index in [1.165, 1.54) is 31.4 Å². The maximum atomic E-state index is 12.7. The molecule has 4 nitrogen and oxygen atoms in total. The summed E-state index contributed by atoms with van der Waals surface area (Å²) in [4.78, 5) is 15.2. The number of benzene rings is 1. The lowest BCUT2D eigenvalue weighted by atomic mass is 9.74. The van der Waals surface area contributed by atoms with Crippen molar-refractivity contribution in [3.8, 4) is 0 Å². The molecular formula is C20H33Cl2N3O. The third-order valence-corrected chi connectivity index (χ3v) is 5.66. The standard InChI is InChI=1S/C20H31N3O.2ClH/c1-20(21)12-5-4-11-18(20)19(24)22-16-9-8-10-17(15-16)23-13-6-2-3-7-14-23;;/h8-10,15,18H,2-7,11-14,21H2,1H3,(H,22,24);2*1H. The van der Waals surface area contributed by atoms with Crippen LogP contribution in [0.2, 0.25) is 0 Å². The number of halogens is 2. The van der Waals surface area contributed by atoms with Gasteiger partial charge in [0.25, 0.3) is 0 Å². The Morgan fingerprint density at radius 2 is 1.81 bits per heavy atom. The molecule has 2 fully saturated rings. The Balaban J connectivity index is 0.00000169. The highest BCUT2D eigenvalue weighted by atomic mass is 35.5. The van der Waals surface area contributed by atoms with Gasteiger partial charge in [-0.3, -0.25) is 4.79 Å². The van der Waals surface area contributed by atoms with Gasteiger partial charge in [0.2, 0.25) is 5.91 Å². The van der Waals surface area contributed by atoms with Crippen LogP contribution in [0.25, 0.3) is 0 Å². The summed E-state index contributed by atoms with van der Waals surface area (Å²) in [6.07, 6.45) is 9.20. The minimum atomic E-state index is -0.384. The smallest absolute Gasteiger partial charge is 0.229 e. The number of amides is 1. The van der Waals surface area contributed by atoms with E-state index >= 15 is 0 Å². The summed E-state index contributed by atoms with van der Waals surface area (Å²) < 4.78 is 0. The van der Waals surface area contributed by atoms with Crippen LogP contribution in [0.3, 0.4) is 0 Å². The summed E-state index contributed by atoms with van der Waals surface area (Å²) in [5.41, 5.74) is 8.10. The van der Waals surface area contributed by atoms with E-state index in [1.54, 1.807) is 0 Å². The summed E-state index contributed by atoms with van der Waals surface area (Å²) in [7, 11) is 0. The van der Waals surface area contributed by atoms with Crippen LogP contribution in [0, 0.1) is 5.92 Å².